The number of ether oxygens (including phenoxy) is 2. The molecule has 0 spiro atoms. The van der Waals surface area contributed by atoms with Crippen molar-refractivity contribution in [2.45, 2.75) is 105 Å². The number of aromatic nitrogens is 2. The predicted molar refractivity (Wildman–Crippen MR) is 195 cm³/mol. The maximum absolute atomic E-state index is 6.58. The van der Waals surface area contributed by atoms with Gasteiger partial charge in [-0.25, -0.2) is 4.98 Å². The molecule has 0 N–H and O–H groups in total. The van der Waals surface area contributed by atoms with Crippen molar-refractivity contribution in [2.24, 2.45) is 10.4 Å². The van der Waals surface area contributed by atoms with Gasteiger partial charge in [-0.05, 0) is 63.8 Å². The second kappa shape index (κ2) is 12.5. The molecule has 0 unspecified atom stereocenters. The van der Waals surface area contributed by atoms with Crippen molar-refractivity contribution in [2.75, 3.05) is 6.61 Å². The summed E-state index contributed by atoms with van der Waals surface area (Å²) in [6, 6.07) is 26.5. The second-order valence-corrected chi connectivity index (χ2v) is 16.7. The summed E-state index contributed by atoms with van der Waals surface area (Å²) in [5, 5.41) is 2.28. The molecule has 2 aromatic heterocycles. The number of benzene rings is 3. The molecule has 0 saturated carbocycles. The number of aliphatic imine (C=N–C) groups is 1. The Bertz CT molecular complexity index is 2020. The molecule has 254 valence electrons. The van der Waals surface area contributed by atoms with Crippen LogP contribution in [0.5, 0.6) is 11.5 Å². The zero-order valence-corrected chi connectivity index (χ0v) is 32.8. The third kappa shape index (κ3) is 6.73. The van der Waals surface area contributed by atoms with Crippen LogP contribution < -0.4 is 4.74 Å². The first kappa shape index (κ1) is 35.9. The van der Waals surface area contributed by atoms with E-state index in [-0.39, 0.29) is 48.8 Å². The van der Waals surface area contributed by atoms with Crippen LogP contribution in [0.15, 0.2) is 65.8 Å². The van der Waals surface area contributed by atoms with Gasteiger partial charge in [0, 0.05) is 23.2 Å². The van der Waals surface area contributed by atoms with Crippen LogP contribution in [0.1, 0.15) is 111 Å². The Morgan fingerprint density at radius 2 is 1.50 bits per heavy atom. The van der Waals surface area contributed by atoms with E-state index in [4.69, 9.17) is 19.5 Å². The van der Waals surface area contributed by atoms with Crippen LogP contribution in [0.3, 0.4) is 0 Å². The van der Waals surface area contributed by atoms with Gasteiger partial charge in [-0.2, -0.15) is 6.07 Å². The Kier molecular flexibility index (Phi) is 9.32. The smallest absolute Gasteiger partial charge is 0.518 e. The third-order valence-electron chi connectivity index (χ3n) is 9.79. The Labute approximate surface area is 301 Å². The molecular weight excluding hydrogens is 774 g/mol. The normalized spacial score (nSPS) is 17.1. The summed E-state index contributed by atoms with van der Waals surface area (Å²) in [5.74, 6) is 3.00. The molecular formula is C42H49N3O2Pt. The van der Waals surface area contributed by atoms with Crippen LogP contribution in [0.2, 0.25) is 0 Å². The fourth-order valence-corrected chi connectivity index (χ4v) is 5.90. The fourth-order valence-electron chi connectivity index (χ4n) is 5.90. The molecule has 3 aromatic carbocycles. The Morgan fingerprint density at radius 3 is 2.12 bits per heavy atom. The number of hydrogen-bond acceptors (Lipinski definition) is 4. The standard InChI is InChI=1S/C42H49N3O2.Pt/c1-26(2)27-19-28(38-44-42(12,25-46-38)41(9,10)11)21-32(20-27)47-31-14-15-33-34-22-29(39(3,4)5)13-16-35(34)45(36(33)24-31)37-23-30(17-18-43-37)40(6,7)8;/h13-20,22-23,26H,25H2,1-12H3;/q-2;+2/t42-;/m0./s1. The third-order valence-corrected chi connectivity index (χ3v) is 9.79. The second-order valence-electron chi connectivity index (χ2n) is 16.7. The quantitative estimate of drug-likeness (QED) is 0.166. The first-order valence-corrected chi connectivity index (χ1v) is 16.8. The SMILES string of the molecule is CC(C)c1cc(Oc2[c-]c3c(cc2)c2cc(C(C)(C)C)ccc2n3-c2cc(C(C)(C)C)ccn2)[c-]c(C2=N[C@](C)(C(C)(C)C)CO2)c1.[Pt+2]. The molecule has 0 bridgehead atoms. The minimum absolute atomic E-state index is 0. The van der Waals surface area contributed by atoms with Crippen LogP contribution in [-0.4, -0.2) is 27.6 Å². The van der Waals surface area contributed by atoms with E-state index in [1.165, 1.54) is 16.5 Å². The largest absolute Gasteiger partial charge is 2.00 e. The zero-order valence-electron chi connectivity index (χ0n) is 30.5. The van der Waals surface area contributed by atoms with Gasteiger partial charge in [-0.3, -0.25) is 4.99 Å². The van der Waals surface area contributed by atoms with Crippen molar-refractivity contribution in [3.8, 4) is 17.3 Å². The van der Waals surface area contributed by atoms with E-state index in [1.54, 1.807) is 0 Å². The molecule has 0 saturated heterocycles. The molecule has 0 fully saturated rings. The van der Waals surface area contributed by atoms with Crippen molar-refractivity contribution < 1.29 is 30.5 Å². The minimum Gasteiger partial charge on any atom is -0.518 e. The molecule has 5 aromatic rings. The van der Waals surface area contributed by atoms with Gasteiger partial charge in [-0.15, -0.1) is 29.1 Å². The number of pyridine rings is 1. The summed E-state index contributed by atoms with van der Waals surface area (Å²) in [6.45, 7) is 27.1. The van der Waals surface area contributed by atoms with Gasteiger partial charge < -0.3 is 14.0 Å². The summed E-state index contributed by atoms with van der Waals surface area (Å²) in [6.07, 6.45) is 1.91. The maximum Gasteiger partial charge on any atom is 2.00 e. The topological polar surface area (TPSA) is 48.6 Å². The van der Waals surface area contributed by atoms with E-state index in [0.29, 0.717) is 24.0 Å². The van der Waals surface area contributed by atoms with E-state index in [1.807, 2.05) is 12.3 Å². The van der Waals surface area contributed by atoms with Gasteiger partial charge in [-0.1, -0.05) is 112 Å². The number of rotatable bonds is 5. The van der Waals surface area contributed by atoms with Crippen LogP contribution >= 0.6 is 0 Å². The Morgan fingerprint density at radius 1 is 0.812 bits per heavy atom. The number of nitrogens with zero attached hydrogens (tertiary/aromatic N) is 3. The first-order chi connectivity index (χ1) is 21.8. The molecule has 0 radical (unpaired) electrons. The Hall–Kier alpha value is -3.43. The van der Waals surface area contributed by atoms with Crippen molar-refractivity contribution >= 4 is 27.7 Å². The fraction of sp³-hybridized carbons (Fsp3) is 0.429. The maximum atomic E-state index is 6.58. The van der Waals surface area contributed by atoms with Gasteiger partial charge in [0.05, 0.1) is 5.54 Å². The van der Waals surface area contributed by atoms with Gasteiger partial charge >= 0.3 is 21.1 Å². The molecule has 0 amide bonds. The van der Waals surface area contributed by atoms with Crippen LogP contribution in [-0.2, 0) is 36.6 Å². The molecule has 5 nitrogen and oxygen atoms in total. The molecule has 1 aliphatic heterocycles. The molecule has 1 atom stereocenters. The van der Waals surface area contributed by atoms with Crippen LogP contribution in [0.25, 0.3) is 27.6 Å². The molecule has 0 aliphatic carbocycles. The molecule has 1 aliphatic rings. The summed E-state index contributed by atoms with van der Waals surface area (Å²) < 4.78 is 15.0. The van der Waals surface area contributed by atoms with E-state index in [9.17, 15) is 0 Å². The molecule has 6 heteroatoms. The summed E-state index contributed by atoms with van der Waals surface area (Å²) in [7, 11) is 0. The van der Waals surface area contributed by atoms with Gasteiger partial charge in [0.2, 0.25) is 0 Å². The molecule has 48 heavy (non-hydrogen) atoms. The van der Waals surface area contributed by atoms with Crippen LogP contribution in [0, 0.1) is 17.5 Å². The van der Waals surface area contributed by atoms with E-state index in [0.717, 1.165) is 33.4 Å². The van der Waals surface area contributed by atoms with E-state index in [2.05, 4.69) is 148 Å². The first-order valence-electron chi connectivity index (χ1n) is 16.8. The number of hydrogen-bond donors (Lipinski definition) is 0. The molecule has 3 heterocycles. The van der Waals surface area contributed by atoms with Crippen molar-refractivity contribution in [1.29, 1.82) is 0 Å². The van der Waals surface area contributed by atoms with Crippen molar-refractivity contribution in [3.05, 3.63) is 95.2 Å². The summed E-state index contributed by atoms with van der Waals surface area (Å²) in [5.41, 5.74) is 6.12. The van der Waals surface area contributed by atoms with Gasteiger partial charge in [0.15, 0.2) is 0 Å². The van der Waals surface area contributed by atoms with Gasteiger partial charge in [0.25, 0.3) is 0 Å². The summed E-state index contributed by atoms with van der Waals surface area (Å²) >= 11 is 0. The monoisotopic (exact) mass is 822 g/mol. The van der Waals surface area contributed by atoms with Gasteiger partial charge in [0.1, 0.15) is 18.3 Å². The average Bonchev–Trinajstić information content (AvgIpc) is 3.54. The van der Waals surface area contributed by atoms with E-state index >= 15 is 0 Å². The average molecular weight is 823 g/mol. The predicted octanol–water partition coefficient (Wildman–Crippen LogP) is 10.9. The van der Waals surface area contributed by atoms with E-state index < -0.39 is 0 Å². The minimum atomic E-state index is -0.317. The van der Waals surface area contributed by atoms with Crippen molar-refractivity contribution in [1.82, 2.24) is 9.55 Å². The molecule has 6 rings (SSSR count). The summed E-state index contributed by atoms with van der Waals surface area (Å²) in [4.78, 5) is 9.92. The zero-order chi connectivity index (χ0) is 34.1. The Balaban J connectivity index is 0.00000451. The number of fused-ring (bicyclic) bond motifs is 3. The van der Waals surface area contributed by atoms with Crippen LogP contribution in [0.4, 0.5) is 0 Å². The van der Waals surface area contributed by atoms with Crippen molar-refractivity contribution in [3.63, 3.8) is 0 Å².